The predicted molar refractivity (Wildman–Crippen MR) is 49.4 cm³/mol. The number of rotatable bonds is 2. The van der Waals surface area contributed by atoms with Crippen molar-refractivity contribution < 1.29 is 9.63 Å². The fraction of sp³-hybridized carbons (Fsp3) is 0.333. The van der Waals surface area contributed by atoms with Crippen molar-refractivity contribution in [1.82, 2.24) is 14.9 Å². The summed E-state index contributed by atoms with van der Waals surface area (Å²) in [6.07, 6.45) is 1.72. The number of aliphatic hydroxyl groups is 1. The van der Waals surface area contributed by atoms with Crippen LogP contribution in [0.3, 0.4) is 0 Å². The van der Waals surface area contributed by atoms with Crippen molar-refractivity contribution in [2.75, 3.05) is 0 Å². The molecule has 2 aromatic rings. The molecule has 0 fully saturated rings. The molecule has 0 bridgehead atoms. The van der Waals surface area contributed by atoms with Gasteiger partial charge in [0.2, 0.25) is 0 Å². The Labute approximate surface area is 81.0 Å². The fourth-order valence-electron chi connectivity index (χ4n) is 1.25. The molecule has 0 aliphatic carbocycles. The molecule has 0 amide bonds. The molecule has 0 aliphatic heterocycles. The van der Waals surface area contributed by atoms with Gasteiger partial charge in [0.15, 0.2) is 5.76 Å². The lowest BCUT2D eigenvalue weighted by molar-refractivity contribution is 0.267. The largest absolute Gasteiger partial charge is 0.390 e. The summed E-state index contributed by atoms with van der Waals surface area (Å²) in [7, 11) is 1.86. The predicted octanol–water partition coefficient (Wildman–Crippen LogP) is 0.876. The Kier molecular flexibility index (Phi) is 2.09. The Morgan fingerprint density at radius 1 is 1.57 bits per heavy atom. The molecule has 1 N–H and O–H groups in total. The lowest BCUT2D eigenvalue weighted by atomic mass is 10.2. The van der Waals surface area contributed by atoms with Crippen LogP contribution in [-0.2, 0) is 13.7 Å². The van der Waals surface area contributed by atoms with Gasteiger partial charge in [-0.1, -0.05) is 5.16 Å². The highest BCUT2D eigenvalue weighted by Crippen LogP contribution is 2.23. The second kappa shape index (κ2) is 3.26. The molecule has 0 aromatic carbocycles. The van der Waals surface area contributed by atoms with Gasteiger partial charge in [0, 0.05) is 18.8 Å². The van der Waals surface area contributed by atoms with Crippen molar-refractivity contribution in [3.8, 4) is 11.3 Å². The van der Waals surface area contributed by atoms with E-state index in [0.29, 0.717) is 11.5 Å². The van der Waals surface area contributed by atoms with Crippen molar-refractivity contribution in [3.63, 3.8) is 0 Å². The normalized spacial score (nSPS) is 10.8. The Bertz CT molecular complexity index is 445. The third-order valence-electron chi connectivity index (χ3n) is 2.22. The Balaban J connectivity index is 2.44. The molecule has 0 atom stereocenters. The molecule has 5 heteroatoms. The van der Waals surface area contributed by atoms with Crippen LogP contribution in [-0.4, -0.2) is 20.0 Å². The topological polar surface area (TPSA) is 64.1 Å². The molecule has 2 aromatic heterocycles. The van der Waals surface area contributed by atoms with Gasteiger partial charge in [-0.25, -0.2) is 0 Å². The molecule has 0 radical (unpaired) electrons. The van der Waals surface area contributed by atoms with Gasteiger partial charge in [-0.3, -0.25) is 4.68 Å². The number of hydrogen-bond donors (Lipinski definition) is 1. The van der Waals surface area contributed by atoms with Crippen LogP contribution in [0, 0.1) is 6.92 Å². The third-order valence-corrected chi connectivity index (χ3v) is 2.22. The van der Waals surface area contributed by atoms with E-state index in [-0.39, 0.29) is 6.61 Å². The van der Waals surface area contributed by atoms with Crippen LogP contribution >= 0.6 is 0 Å². The minimum Gasteiger partial charge on any atom is -0.390 e. The number of nitrogens with zero attached hydrogens (tertiary/aromatic N) is 3. The molecular weight excluding hydrogens is 182 g/mol. The van der Waals surface area contributed by atoms with Crippen molar-refractivity contribution >= 4 is 0 Å². The first kappa shape index (κ1) is 8.96. The van der Waals surface area contributed by atoms with E-state index in [4.69, 9.17) is 9.63 Å². The molecule has 2 rings (SSSR count). The number of aromatic nitrogens is 3. The van der Waals surface area contributed by atoms with Gasteiger partial charge in [0.25, 0.3) is 0 Å². The number of aryl methyl sites for hydroxylation is 1. The second-order valence-electron chi connectivity index (χ2n) is 3.11. The molecule has 0 unspecified atom stereocenters. The van der Waals surface area contributed by atoms with E-state index in [2.05, 4.69) is 10.3 Å². The molecule has 5 nitrogen and oxygen atoms in total. The second-order valence-corrected chi connectivity index (χ2v) is 3.11. The highest BCUT2D eigenvalue weighted by atomic mass is 16.5. The summed E-state index contributed by atoms with van der Waals surface area (Å²) in [6.45, 7) is 1.84. The molecule has 14 heavy (non-hydrogen) atoms. The van der Waals surface area contributed by atoms with E-state index in [0.717, 1.165) is 11.3 Å². The summed E-state index contributed by atoms with van der Waals surface area (Å²) >= 11 is 0. The van der Waals surface area contributed by atoms with Crippen molar-refractivity contribution in [2.45, 2.75) is 13.5 Å². The third kappa shape index (κ3) is 1.31. The van der Waals surface area contributed by atoms with Gasteiger partial charge in [0.05, 0.1) is 18.4 Å². The van der Waals surface area contributed by atoms with Crippen molar-refractivity contribution in [3.05, 3.63) is 23.7 Å². The summed E-state index contributed by atoms with van der Waals surface area (Å²) in [5, 5.41) is 16.6. The molecule has 0 saturated carbocycles. The monoisotopic (exact) mass is 193 g/mol. The van der Waals surface area contributed by atoms with Gasteiger partial charge in [0.1, 0.15) is 5.69 Å². The molecule has 0 spiro atoms. The quantitative estimate of drug-likeness (QED) is 0.768. The smallest absolute Gasteiger partial charge is 0.170 e. The Morgan fingerprint density at radius 3 is 2.86 bits per heavy atom. The van der Waals surface area contributed by atoms with E-state index < -0.39 is 0 Å². The minimum absolute atomic E-state index is 0.108. The maximum Gasteiger partial charge on any atom is 0.170 e. The summed E-state index contributed by atoms with van der Waals surface area (Å²) in [4.78, 5) is 0. The maximum absolute atomic E-state index is 8.83. The van der Waals surface area contributed by atoms with Gasteiger partial charge in [-0.15, -0.1) is 0 Å². The number of hydrogen-bond acceptors (Lipinski definition) is 4. The van der Waals surface area contributed by atoms with E-state index in [1.165, 1.54) is 0 Å². The van der Waals surface area contributed by atoms with Gasteiger partial charge < -0.3 is 9.63 Å². The summed E-state index contributed by atoms with van der Waals surface area (Å²) < 4.78 is 6.83. The number of aliphatic hydroxyl groups excluding tert-OH is 1. The molecule has 0 aliphatic rings. The van der Waals surface area contributed by atoms with Crippen LogP contribution in [0.25, 0.3) is 11.3 Å². The lowest BCUT2D eigenvalue weighted by Gasteiger charge is -1.94. The van der Waals surface area contributed by atoms with Crippen LogP contribution in [0.15, 0.2) is 16.8 Å². The summed E-state index contributed by atoms with van der Waals surface area (Å²) in [6, 6.07) is 1.71. The zero-order chi connectivity index (χ0) is 10.1. The fourth-order valence-corrected chi connectivity index (χ4v) is 1.25. The molecule has 2 heterocycles. The van der Waals surface area contributed by atoms with Crippen LogP contribution in [0.4, 0.5) is 0 Å². The molecule has 0 saturated heterocycles. The maximum atomic E-state index is 8.83. The highest BCUT2D eigenvalue weighted by Gasteiger charge is 2.11. The van der Waals surface area contributed by atoms with Crippen LogP contribution in [0.5, 0.6) is 0 Å². The van der Waals surface area contributed by atoms with E-state index >= 15 is 0 Å². The van der Waals surface area contributed by atoms with Crippen molar-refractivity contribution in [1.29, 1.82) is 0 Å². The first-order valence-corrected chi connectivity index (χ1v) is 4.28. The average molecular weight is 193 g/mol. The summed E-state index contributed by atoms with van der Waals surface area (Å²) in [5.41, 5.74) is 2.44. The van der Waals surface area contributed by atoms with Gasteiger partial charge in [-0.2, -0.15) is 5.10 Å². The average Bonchev–Trinajstić information content (AvgIpc) is 2.75. The van der Waals surface area contributed by atoms with Gasteiger partial charge >= 0.3 is 0 Å². The lowest BCUT2D eigenvalue weighted by Crippen LogP contribution is -1.92. The molecular formula is C9H11N3O2. The highest BCUT2D eigenvalue weighted by molar-refractivity contribution is 5.59. The van der Waals surface area contributed by atoms with E-state index in [9.17, 15) is 0 Å². The zero-order valence-electron chi connectivity index (χ0n) is 8.06. The minimum atomic E-state index is -0.108. The standard InChI is InChI=1S/C9H11N3O2/c1-6-8(4-10-12(6)2)9-3-7(5-13)11-14-9/h3-4,13H,5H2,1-2H3. The van der Waals surface area contributed by atoms with Gasteiger partial charge in [-0.05, 0) is 6.92 Å². The molecule has 74 valence electrons. The Hall–Kier alpha value is -1.62. The van der Waals surface area contributed by atoms with E-state index in [1.54, 1.807) is 16.9 Å². The first-order chi connectivity index (χ1) is 6.72. The zero-order valence-corrected chi connectivity index (χ0v) is 8.06. The summed E-state index contributed by atoms with van der Waals surface area (Å²) in [5.74, 6) is 0.639. The first-order valence-electron chi connectivity index (χ1n) is 4.28. The van der Waals surface area contributed by atoms with Crippen molar-refractivity contribution in [2.24, 2.45) is 7.05 Å². The van der Waals surface area contributed by atoms with Crippen LogP contribution in [0.2, 0.25) is 0 Å². The Morgan fingerprint density at radius 2 is 2.36 bits per heavy atom. The van der Waals surface area contributed by atoms with Crippen LogP contribution in [0.1, 0.15) is 11.4 Å². The van der Waals surface area contributed by atoms with E-state index in [1.807, 2.05) is 14.0 Å². The van der Waals surface area contributed by atoms with Crippen LogP contribution < -0.4 is 0 Å². The SMILES string of the molecule is Cc1c(-c2cc(CO)no2)cnn1C.